The summed E-state index contributed by atoms with van der Waals surface area (Å²) in [6, 6.07) is 14.0. The summed E-state index contributed by atoms with van der Waals surface area (Å²) in [6.45, 7) is 3.40. The van der Waals surface area contributed by atoms with E-state index in [1.54, 1.807) is 43.3 Å². The van der Waals surface area contributed by atoms with Crippen molar-refractivity contribution in [1.82, 2.24) is 4.72 Å². The van der Waals surface area contributed by atoms with Crippen molar-refractivity contribution in [2.24, 2.45) is 0 Å². The molecular weight excluding hydrogens is 334 g/mol. The lowest BCUT2D eigenvalue weighted by Crippen LogP contribution is -2.39. The Morgan fingerprint density at radius 3 is 2.22 bits per heavy atom. The molecule has 0 aliphatic carbocycles. The molecule has 6 heteroatoms. The third-order valence-corrected chi connectivity index (χ3v) is 5.13. The van der Waals surface area contributed by atoms with Crippen molar-refractivity contribution in [3.05, 3.63) is 70.2 Å². The van der Waals surface area contributed by atoms with E-state index in [1.165, 1.54) is 0 Å². The van der Waals surface area contributed by atoms with Gasteiger partial charge in [-0.2, -0.15) is 0 Å². The fourth-order valence-electron chi connectivity index (χ4n) is 2.12. The summed E-state index contributed by atoms with van der Waals surface area (Å²) in [4.78, 5) is 0. The molecule has 1 atom stereocenters. The van der Waals surface area contributed by atoms with Crippen molar-refractivity contribution in [2.45, 2.75) is 25.2 Å². The fraction of sp³-hybridized carbons (Fsp3) is 0.294. The summed E-state index contributed by atoms with van der Waals surface area (Å²) in [7, 11) is -3.53. The van der Waals surface area contributed by atoms with E-state index in [9.17, 15) is 13.5 Å². The minimum absolute atomic E-state index is 0.108. The third kappa shape index (κ3) is 5.32. The minimum atomic E-state index is -3.53. The van der Waals surface area contributed by atoms with Gasteiger partial charge in [-0.3, -0.25) is 0 Å². The summed E-state index contributed by atoms with van der Waals surface area (Å²) < 4.78 is 26.8. The molecule has 2 N–H and O–H groups in total. The van der Waals surface area contributed by atoms with Gasteiger partial charge in [-0.25, -0.2) is 13.1 Å². The highest BCUT2D eigenvalue weighted by Gasteiger charge is 2.25. The first kappa shape index (κ1) is 17.9. The van der Waals surface area contributed by atoms with Gasteiger partial charge in [0.2, 0.25) is 10.0 Å². The van der Waals surface area contributed by atoms with E-state index < -0.39 is 15.6 Å². The van der Waals surface area contributed by atoms with Crippen molar-refractivity contribution in [3.63, 3.8) is 0 Å². The van der Waals surface area contributed by atoms with Crippen LogP contribution in [0.5, 0.6) is 0 Å². The van der Waals surface area contributed by atoms with E-state index in [-0.39, 0.29) is 12.3 Å². The molecule has 0 radical (unpaired) electrons. The molecule has 0 aromatic heterocycles. The molecule has 0 aliphatic heterocycles. The molecule has 0 spiro atoms. The van der Waals surface area contributed by atoms with Crippen LogP contribution in [0.2, 0.25) is 5.02 Å². The lowest BCUT2D eigenvalue weighted by Gasteiger charge is -2.24. The summed E-state index contributed by atoms with van der Waals surface area (Å²) >= 11 is 5.82. The second-order valence-electron chi connectivity index (χ2n) is 5.85. The van der Waals surface area contributed by atoms with E-state index in [0.717, 1.165) is 5.56 Å². The lowest BCUT2D eigenvalue weighted by molar-refractivity contribution is 0.0627. The number of nitrogens with one attached hydrogen (secondary N) is 1. The Bertz CT molecular complexity index is 753. The molecule has 124 valence electrons. The molecule has 0 amide bonds. The van der Waals surface area contributed by atoms with Gasteiger partial charge in [0.1, 0.15) is 5.60 Å². The molecule has 0 saturated heterocycles. The molecule has 0 heterocycles. The van der Waals surface area contributed by atoms with E-state index >= 15 is 0 Å². The average Bonchev–Trinajstić information content (AvgIpc) is 2.48. The van der Waals surface area contributed by atoms with Gasteiger partial charge in [0, 0.05) is 11.6 Å². The number of hydrogen-bond acceptors (Lipinski definition) is 3. The predicted molar refractivity (Wildman–Crippen MR) is 92.8 cm³/mol. The zero-order chi connectivity index (χ0) is 17.1. The second-order valence-corrected chi connectivity index (χ2v) is 8.09. The van der Waals surface area contributed by atoms with Crippen molar-refractivity contribution < 1.29 is 13.5 Å². The largest absolute Gasteiger partial charge is 0.384 e. The van der Waals surface area contributed by atoms with E-state index in [2.05, 4.69) is 4.72 Å². The molecule has 23 heavy (non-hydrogen) atoms. The van der Waals surface area contributed by atoms with Crippen molar-refractivity contribution in [3.8, 4) is 0 Å². The number of aryl methyl sites for hydroxylation is 1. The molecule has 0 aliphatic rings. The van der Waals surface area contributed by atoms with Crippen LogP contribution in [0.3, 0.4) is 0 Å². The Morgan fingerprint density at radius 2 is 1.65 bits per heavy atom. The predicted octanol–water partition coefficient (Wildman–Crippen LogP) is 2.98. The van der Waals surface area contributed by atoms with Crippen LogP contribution in [0.25, 0.3) is 0 Å². The number of hydrogen-bond donors (Lipinski definition) is 2. The van der Waals surface area contributed by atoms with Crippen LogP contribution in [0.15, 0.2) is 48.5 Å². The summed E-state index contributed by atoms with van der Waals surface area (Å²) in [5.41, 5.74) is 1.06. The molecule has 0 saturated carbocycles. The van der Waals surface area contributed by atoms with Gasteiger partial charge in [0.15, 0.2) is 0 Å². The van der Waals surface area contributed by atoms with Crippen LogP contribution in [-0.4, -0.2) is 20.1 Å². The monoisotopic (exact) mass is 353 g/mol. The zero-order valence-corrected chi connectivity index (χ0v) is 14.7. The average molecular weight is 354 g/mol. The normalized spacial score (nSPS) is 14.4. The first-order chi connectivity index (χ1) is 10.7. The molecule has 2 aromatic rings. The van der Waals surface area contributed by atoms with Crippen LogP contribution in [0.4, 0.5) is 0 Å². The van der Waals surface area contributed by atoms with Crippen molar-refractivity contribution in [1.29, 1.82) is 0 Å². The van der Waals surface area contributed by atoms with Crippen molar-refractivity contribution >= 4 is 21.6 Å². The van der Waals surface area contributed by atoms with Crippen LogP contribution < -0.4 is 4.72 Å². The smallest absolute Gasteiger partial charge is 0.215 e. The second kappa shape index (κ2) is 7.01. The first-order valence-corrected chi connectivity index (χ1v) is 9.22. The maximum Gasteiger partial charge on any atom is 0.215 e. The molecular formula is C17H20ClNO3S. The Kier molecular flexibility index (Phi) is 5.47. The first-order valence-electron chi connectivity index (χ1n) is 7.19. The maximum atomic E-state index is 12.2. The molecule has 2 rings (SSSR count). The van der Waals surface area contributed by atoms with Crippen LogP contribution in [-0.2, 0) is 21.4 Å². The van der Waals surface area contributed by atoms with Gasteiger partial charge in [0.25, 0.3) is 0 Å². The van der Waals surface area contributed by atoms with Gasteiger partial charge in [-0.05, 0) is 37.1 Å². The van der Waals surface area contributed by atoms with E-state index in [1.807, 2.05) is 19.1 Å². The maximum absolute atomic E-state index is 12.2. The Labute approximate surface area is 142 Å². The summed E-state index contributed by atoms with van der Waals surface area (Å²) in [5, 5.41) is 11.0. The quantitative estimate of drug-likeness (QED) is 0.839. The Morgan fingerprint density at radius 1 is 1.09 bits per heavy atom. The number of sulfonamides is 1. The van der Waals surface area contributed by atoms with Crippen molar-refractivity contribution in [2.75, 3.05) is 6.54 Å². The van der Waals surface area contributed by atoms with E-state index in [0.29, 0.717) is 16.1 Å². The van der Waals surface area contributed by atoms with Gasteiger partial charge in [-0.15, -0.1) is 0 Å². The molecule has 0 fully saturated rings. The molecule has 2 aromatic carbocycles. The Balaban J connectivity index is 2.03. The standard InChI is InChI=1S/C17H20ClNO3S/c1-13-3-5-14(6-4-13)11-23(21,22)19-12-17(2,20)15-7-9-16(18)10-8-15/h3-10,19-20H,11-12H2,1-2H3. The third-order valence-electron chi connectivity index (χ3n) is 3.58. The van der Waals surface area contributed by atoms with Gasteiger partial charge >= 0.3 is 0 Å². The van der Waals surface area contributed by atoms with Gasteiger partial charge in [-0.1, -0.05) is 53.6 Å². The highest BCUT2D eigenvalue weighted by molar-refractivity contribution is 7.88. The van der Waals surface area contributed by atoms with E-state index in [4.69, 9.17) is 11.6 Å². The molecule has 4 nitrogen and oxygen atoms in total. The lowest BCUT2D eigenvalue weighted by atomic mass is 9.97. The molecule has 0 bridgehead atoms. The number of halogens is 1. The van der Waals surface area contributed by atoms with Crippen LogP contribution in [0.1, 0.15) is 23.6 Å². The number of benzene rings is 2. The number of rotatable bonds is 6. The summed E-state index contributed by atoms with van der Waals surface area (Å²) in [6.07, 6.45) is 0. The minimum Gasteiger partial charge on any atom is -0.384 e. The van der Waals surface area contributed by atoms with Gasteiger partial charge < -0.3 is 5.11 Å². The van der Waals surface area contributed by atoms with Crippen LogP contribution >= 0.6 is 11.6 Å². The summed E-state index contributed by atoms with van der Waals surface area (Å²) in [5.74, 6) is -0.121. The fourth-order valence-corrected chi connectivity index (χ4v) is 3.48. The highest BCUT2D eigenvalue weighted by Crippen LogP contribution is 2.22. The SMILES string of the molecule is Cc1ccc(CS(=O)(=O)NCC(C)(O)c2ccc(Cl)cc2)cc1. The molecule has 1 unspecified atom stereocenters. The topological polar surface area (TPSA) is 66.4 Å². The Hall–Kier alpha value is -1.40. The van der Waals surface area contributed by atoms with Crippen LogP contribution in [0, 0.1) is 6.92 Å². The van der Waals surface area contributed by atoms with Gasteiger partial charge in [0.05, 0.1) is 5.75 Å². The highest BCUT2D eigenvalue weighted by atomic mass is 35.5. The zero-order valence-electron chi connectivity index (χ0n) is 13.1. The number of aliphatic hydroxyl groups is 1.